The molecule has 0 fully saturated rings. The molecule has 0 radical (unpaired) electrons. The molecule has 5 nitrogen and oxygen atoms in total. The molecule has 3 aromatic carbocycles. The molecule has 0 aromatic heterocycles. The number of carbonyl (C=O) groups excluding carboxylic acids is 1. The van der Waals surface area contributed by atoms with Crippen molar-refractivity contribution in [2.24, 2.45) is 0 Å². The van der Waals surface area contributed by atoms with Gasteiger partial charge in [0.2, 0.25) is 0 Å². The van der Waals surface area contributed by atoms with Gasteiger partial charge in [-0.1, -0.05) is 54.6 Å². The van der Waals surface area contributed by atoms with Crippen LogP contribution in [0.1, 0.15) is 22.7 Å². The molecule has 1 atom stereocenters. The predicted octanol–water partition coefficient (Wildman–Crippen LogP) is 5.08. The van der Waals surface area contributed by atoms with Crippen LogP contribution in [-0.2, 0) is 12.8 Å². The van der Waals surface area contributed by atoms with E-state index in [2.05, 4.69) is 35.6 Å². The van der Waals surface area contributed by atoms with E-state index in [1.807, 2.05) is 35.2 Å². The number of amides is 2. The second-order valence-electron chi connectivity index (χ2n) is 7.35. The quantitative estimate of drug-likeness (QED) is 0.648. The number of hydrogen-bond acceptors (Lipinski definition) is 3. The van der Waals surface area contributed by atoms with Crippen LogP contribution in [0.2, 0.25) is 0 Å². The average Bonchev–Trinajstić information content (AvgIpc) is 2.79. The standard InChI is InChI=1S/C25H26N2O3/c1-29-23-13-12-20(17-24(23)30-2)26-25(28)27-15-14-19-10-6-7-11-21(19)22(27)16-18-8-4-3-5-9-18/h3-13,17,22H,14-16H2,1-2H3,(H,26,28). The Hall–Kier alpha value is -3.47. The Balaban J connectivity index is 1.60. The van der Waals surface area contributed by atoms with Crippen LogP contribution in [0.15, 0.2) is 72.8 Å². The summed E-state index contributed by atoms with van der Waals surface area (Å²) in [4.78, 5) is 15.2. The summed E-state index contributed by atoms with van der Waals surface area (Å²) in [7, 11) is 3.18. The number of rotatable bonds is 5. The van der Waals surface area contributed by atoms with Crippen molar-refractivity contribution >= 4 is 11.7 Å². The van der Waals surface area contributed by atoms with Gasteiger partial charge in [-0.15, -0.1) is 0 Å². The molecule has 2 amide bonds. The lowest BCUT2D eigenvalue weighted by Gasteiger charge is -2.37. The highest BCUT2D eigenvalue weighted by Crippen LogP contribution is 2.34. The first-order valence-corrected chi connectivity index (χ1v) is 10.1. The number of urea groups is 1. The monoisotopic (exact) mass is 402 g/mol. The van der Waals surface area contributed by atoms with Crippen LogP contribution in [0.4, 0.5) is 10.5 Å². The summed E-state index contributed by atoms with van der Waals surface area (Å²) < 4.78 is 10.6. The highest BCUT2D eigenvalue weighted by Gasteiger charge is 2.31. The highest BCUT2D eigenvalue weighted by molar-refractivity contribution is 5.90. The van der Waals surface area contributed by atoms with Gasteiger partial charge < -0.3 is 19.7 Å². The molecule has 0 saturated heterocycles. The third kappa shape index (κ3) is 4.10. The van der Waals surface area contributed by atoms with Crippen LogP contribution in [0.5, 0.6) is 11.5 Å². The normalized spacial score (nSPS) is 15.3. The lowest BCUT2D eigenvalue weighted by molar-refractivity contribution is 0.182. The minimum absolute atomic E-state index is 0.0162. The Kier molecular flexibility index (Phi) is 5.89. The number of fused-ring (bicyclic) bond motifs is 1. The second-order valence-corrected chi connectivity index (χ2v) is 7.35. The molecule has 0 bridgehead atoms. The molecule has 3 aromatic rings. The lowest BCUT2D eigenvalue weighted by Crippen LogP contribution is -2.43. The zero-order chi connectivity index (χ0) is 20.9. The molecule has 1 unspecified atom stereocenters. The van der Waals surface area contributed by atoms with Gasteiger partial charge in [-0.2, -0.15) is 0 Å². The van der Waals surface area contributed by atoms with Crippen molar-refractivity contribution in [3.63, 3.8) is 0 Å². The van der Waals surface area contributed by atoms with Gasteiger partial charge in [0.05, 0.1) is 20.3 Å². The first kappa shape index (κ1) is 19.8. The molecule has 4 rings (SSSR count). The van der Waals surface area contributed by atoms with Crippen molar-refractivity contribution < 1.29 is 14.3 Å². The lowest BCUT2D eigenvalue weighted by atomic mass is 9.89. The smallest absolute Gasteiger partial charge is 0.322 e. The maximum absolute atomic E-state index is 13.3. The van der Waals surface area contributed by atoms with E-state index in [1.54, 1.807) is 26.4 Å². The summed E-state index contributed by atoms with van der Waals surface area (Å²) in [6.07, 6.45) is 1.62. The van der Waals surface area contributed by atoms with E-state index in [4.69, 9.17) is 9.47 Å². The van der Waals surface area contributed by atoms with Crippen molar-refractivity contribution in [3.8, 4) is 11.5 Å². The fourth-order valence-corrected chi connectivity index (χ4v) is 4.06. The summed E-state index contributed by atoms with van der Waals surface area (Å²) in [5.74, 6) is 1.21. The van der Waals surface area contributed by atoms with Crippen LogP contribution < -0.4 is 14.8 Å². The van der Waals surface area contributed by atoms with Gasteiger partial charge in [0.15, 0.2) is 11.5 Å². The molecule has 5 heteroatoms. The Labute approximate surface area is 177 Å². The molecule has 154 valence electrons. The van der Waals surface area contributed by atoms with E-state index in [0.29, 0.717) is 23.7 Å². The SMILES string of the molecule is COc1ccc(NC(=O)N2CCc3ccccc3C2Cc2ccccc2)cc1OC. The van der Waals surface area contributed by atoms with Gasteiger partial charge in [-0.05, 0) is 41.7 Å². The fourth-order valence-electron chi connectivity index (χ4n) is 4.06. The molecule has 1 aliphatic rings. The summed E-state index contributed by atoms with van der Waals surface area (Å²) >= 11 is 0. The number of anilines is 1. The number of methoxy groups -OCH3 is 2. The van der Waals surface area contributed by atoms with E-state index in [-0.39, 0.29) is 12.1 Å². The van der Waals surface area contributed by atoms with E-state index in [9.17, 15) is 4.79 Å². The Morgan fingerprint density at radius 2 is 1.70 bits per heavy atom. The van der Waals surface area contributed by atoms with Crippen molar-refractivity contribution in [2.45, 2.75) is 18.9 Å². The Bertz CT molecular complexity index is 1020. The van der Waals surface area contributed by atoms with Crippen LogP contribution in [0.25, 0.3) is 0 Å². The van der Waals surface area contributed by atoms with Gasteiger partial charge in [0, 0.05) is 18.3 Å². The molecular weight excluding hydrogens is 376 g/mol. The van der Waals surface area contributed by atoms with Crippen molar-refractivity contribution in [1.29, 1.82) is 0 Å². The molecule has 0 aliphatic carbocycles. The summed E-state index contributed by atoms with van der Waals surface area (Å²) in [5.41, 5.74) is 4.42. The van der Waals surface area contributed by atoms with E-state index in [1.165, 1.54) is 16.7 Å². The third-order valence-corrected chi connectivity index (χ3v) is 5.58. The van der Waals surface area contributed by atoms with Crippen molar-refractivity contribution in [3.05, 3.63) is 89.5 Å². The topological polar surface area (TPSA) is 50.8 Å². The Morgan fingerprint density at radius 3 is 2.47 bits per heavy atom. The predicted molar refractivity (Wildman–Crippen MR) is 118 cm³/mol. The number of benzene rings is 3. The molecule has 0 spiro atoms. The summed E-state index contributed by atoms with van der Waals surface area (Å²) in [6, 6.07) is 24.0. The largest absolute Gasteiger partial charge is 0.493 e. The van der Waals surface area contributed by atoms with E-state index < -0.39 is 0 Å². The minimum atomic E-state index is -0.113. The van der Waals surface area contributed by atoms with Crippen LogP contribution in [0, 0.1) is 0 Å². The number of hydrogen-bond donors (Lipinski definition) is 1. The number of ether oxygens (including phenoxy) is 2. The second kappa shape index (κ2) is 8.91. The van der Waals surface area contributed by atoms with Gasteiger partial charge in [-0.25, -0.2) is 4.79 Å². The third-order valence-electron chi connectivity index (χ3n) is 5.58. The zero-order valence-corrected chi connectivity index (χ0v) is 17.3. The van der Waals surface area contributed by atoms with Crippen LogP contribution >= 0.6 is 0 Å². The Morgan fingerprint density at radius 1 is 0.967 bits per heavy atom. The molecular formula is C25H26N2O3. The zero-order valence-electron chi connectivity index (χ0n) is 17.3. The van der Waals surface area contributed by atoms with E-state index in [0.717, 1.165) is 12.8 Å². The summed E-state index contributed by atoms with van der Waals surface area (Å²) in [6.45, 7) is 0.674. The maximum atomic E-state index is 13.3. The summed E-state index contributed by atoms with van der Waals surface area (Å²) in [5, 5.41) is 3.04. The molecule has 1 N–H and O–H groups in total. The van der Waals surface area contributed by atoms with Crippen molar-refractivity contribution in [2.75, 3.05) is 26.1 Å². The number of nitrogens with one attached hydrogen (secondary N) is 1. The van der Waals surface area contributed by atoms with Gasteiger partial charge >= 0.3 is 6.03 Å². The molecule has 1 heterocycles. The molecule has 1 aliphatic heterocycles. The fraction of sp³-hybridized carbons (Fsp3) is 0.240. The van der Waals surface area contributed by atoms with Crippen molar-refractivity contribution in [1.82, 2.24) is 4.90 Å². The average molecular weight is 402 g/mol. The van der Waals surface area contributed by atoms with Gasteiger partial charge in [0.25, 0.3) is 0 Å². The van der Waals surface area contributed by atoms with Gasteiger partial charge in [-0.3, -0.25) is 0 Å². The van der Waals surface area contributed by atoms with E-state index >= 15 is 0 Å². The first-order valence-electron chi connectivity index (χ1n) is 10.1. The molecule has 30 heavy (non-hydrogen) atoms. The first-order chi connectivity index (χ1) is 14.7. The van der Waals surface area contributed by atoms with Crippen LogP contribution in [-0.4, -0.2) is 31.7 Å². The van der Waals surface area contributed by atoms with Gasteiger partial charge in [0.1, 0.15) is 0 Å². The molecule has 0 saturated carbocycles. The highest BCUT2D eigenvalue weighted by atomic mass is 16.5. The number of carbonyl (C=O) groups is 1. The minimum Gasteiger partial charge on any atom is -0.493 e. The van der Waals surface area contributed by atoms with Crippen LogP contribution in [0.3, 0.4) is 0 Å². The maximum Gasteiger partial charge on any atom is 0.322 e. The number of nitrogens with zero attached hydrogens (tertiary/aromatic N) is 1.